The van der Waals surface area contributed by atoms with E-state index in [-0.39, 0.29) is 6.61 Å². The van der Waals surface area contributed by atoms with Crippen molar-refractivity contribution < 1.29 is 19.4 Å². The first-order valence-corrected chi connectivity index (χ1v) is 10.2. The van der Waals surface area contributed by atoms with Crippen molar-refractivity contribution in [2.75, 3.05) is 6.61 Å². The highest BCUT2D eigenvalue weighted by molar-refractivity contribution is 9.10. The molecule has 7 nitrogen and oxygen atoms in total. The zero-order valence-electron chi connectivity index (χ0n) is 16.6. The van der Waals surface area contributed by atoms with Gasteiger partial charge in [-0.1, -0.05) is 34.1 Å². The van der Waals surface area contributed by atoms with Gasteiger partial charge in [0.2, 0.25) is 0 Å². The van der Waals surface area contributed by atoms with Crippen LogP contribution in [-0.4, -0.2) is 39.2 Å². The van der Waals surface area contributed by atoms with E-state index in [1.165, 1.54) is 12.4 Å². The average Bonchev–Trinajstić information content (AvgIpc) is 3.13. The molecule has 1 aromatic carbocycles. The van der Waals surface area contributed by atoms with Gasteiger partial charge in [-0.25, -0.2) is 4.79 Å². The molecule has 2 heterocycles. The van der Waals surface area contributed by atoms with Crippen LogP contribution in [-0.2, 0) is 16.6 Å². The molecule has 0 aliphatic heterocycles. The van der Waals surface area contributed by atoms with E-state index in [0.29, 0.717) is 11.3 Å². The van der Waals surface area contributed by atoms with Crippen LogP contribution in [0.3, 0.4) is 0 Å². The van der Waals surface area contributed by atoms with Crippen LogP contribution in [0.4, 0.5) is 0 Å². The molecular formula is C22H22BrN3O4. The average molecular weight is 472 g/mol. The van der Waals surface area contributed by atoms with E-state index in [1.54, 1.807) is 36.7 Å². The standard InChI is InChI=1S/C22H22BrN3O4/c1-3-30-22(29)19(20(27)14-10-12-24-13-11-14)25-21(28)18-9-8-17(26(18)2)15-6-4-5-7-16(15)23/h4-13,19-20,27H,3H2,1-2H3,(H,25,28). The Labute approximate surface area is 182 Å². The van der Waals surface area contributed by atoms with Crippen LogP contribution in [0.2, 0.25) is 0 Å². The van der Waals surface area contributed by atoms with E-state index in [0.717, 1.165) is 15.7 Å². The number of carbonyl (C=O) groups excluding carboxylic acids is 2. The van der Waals surface area contributed by atoms with Crippen molar-refractivity contribution in [2.45, 2.75) is 19.1 Å². The van der Waals surface area contributed by atoms with Crippen LogP contribution >= 0.6 is 15.9 Å². The summed E-state index contributed by atoms with van der Waals surface area (Å²) < 4.78 is 7.69. The van der Waals surface area contributed by atoms with Gasteiger partial charge in [-0.2, -0.15) is 0 Å². The van der Waals surface area contributed by atoms with Gasteiger partial charge in [-0.15, -0.1) is 0 Å². The fraction of sp³-hybridized carbons (Fsp3) is 0.227. The van der Waals surface area contributed by atoms with Gasteiger partial charge in [0.25, 0.3) is 5.91 Å². The van der Waals surface area contributed by atoms with Crippen LogP contribution in [0, 0.1) is 0 Å². The Bertz CT molecular complexity index is 1040. The van der Waals surface area contributed by atoms with Gasteiger partial charge in [0.15, 0.2) is 6.04 Å². The molecule has 1 amide bonds. The molecule has 3 aromatic rings. The monoisotopic (exact) mass is 471 g/mol. The maximum atomic E-state index is 13.0. The molecule has 0 saturated heterocycles. The SMILES string of the molecule is CCOC(=O)C(NC(=O)c1ccc(-c2ccccc2Br)n1C)C(O)c1ccncc1. The third kappa shape index (κ3) is 4.60. The predicted octanol–water partition coefficient (Wildman–Crippen LogP) is 3.24. The van der Waals surface area contributed by atoms with Crippen molar-refractivity contribution in [3.05, 3.63) is 76.7 Å². The lowest BCUT2D eigenvalue weighted by atomic mass is 10.0. The number of carbonyl (C=O) groups is 2. The first kappa shape index (κ1) is 21.7. The van der Waals surface area contributed by atoms with E-state index < -0.39 is 24.0 Å². The number of nitrogens with zero attached hydrogens (tertiary/aromatic N) is 2. The Kier molecular flexibility index (Phi) is 7.02. The molecule has 0 radical (unpaired) electrons. The van der Waals surface area contributed by atoms with E-state index in [1.807, 2.05) is 30.3 Å². The van der Waals surface area contributed by atoms with Crippen molar-refractivity contribution in [1.29, 1.82) is 0 Å². The van der Waals surface area contributed by atoms with Crippen molar-refractivity contribution in [3.63, 3.8) is 0 Å². The van der Waals surface area contributed by atoms with Gasteiger partial charge in [0.05, 0.1) is 6.61 Å². The second kappa shape index (κ2) is 9.69. The van der Waals surface area contributed by atoms with Crippen LogP contribution in [0.1, 0.15) is 29.1 Å². The van der Waals surface area contributed by atoms with Gasteiger partial charge < -0.3 is 19.7 Å². The topological polar surface area (TPSA) is 93.5 Å². The minimum absolute atomic E-state index is 0.130. The number of halogens is 1. The fourth-order valence-corrected chi connectivity index (χ4v) is 3.63. The molecule has 8 heteroatoms. The Morgan fingerprint density at radius 1 is 1.17 bits per heavy atom. The lowest BCUT2D eigenvalue weighted by Gasteiger charge is -2.23. The molecular weight excluding hydrogens is 450 g/mol. The number of nitrogens with one attached hydrogen (secondary N) is 1. The zero-order chi connectivity index (χ0) is 21.7. The highest BCUT2D eigenvalue weighted by atomic mass is 79.9. The fourth-order valence-electron chi connectivity index (χ4n) is 3.15. The molecule has 3 rings (SSSR count). The summed E-state index contributed by atoms with van der Waals surface area (Å²) in [5.41, 5.74) is 2.55. The number of rotatable bonds is 7. The number of hydrogen-bond donors (Lipinski definition) is 2. The summed E-state index contributed by atoms with van der Waals surface area (Å²) >= 11 is 3.52. The van der Waals surface area contributed by atoms with Crippen molar-refractivity contribution in [2.24, 2.45) is 7.05 Å². The van der Waals surface area contributed by atoms with Gasteiger partial charge in [-0.05, 0) is 42.8 Å². The maximum Gasteiger partial charge on any atom is 0.331 e. The molecule has 0 fully saturated rings. The number of aromatic nitrogens is 2. The third-order valence-corrected chi connectivity index (χ3v) is 5.39. The number of ether oxygens (including phenoxy) is 1. The van der Waals surface area contributed by atoms with E-state index in [9.17, 15) is 14.7 Å². The lowest BCUT2D eigenvalue weighted by Crippen LogP contribution is -2.46. The summed E-state index contributed by atoms with van der Waals surface area (Å²) in [5, 5.41) is 13.3. The molecule has 156 valence electrons. The summed E-state index contributed by atoms with van der Waals surface area (Å²) in [6.45, 7) is 1.79. The van der Waals surface area contributed by atoms with Crippen LogP contribution in [0.15, 0.2) is 65.4 Å². The molecule has 2 aromatic heterocycles. The Balaban J connectivity index is 1.88. The first-order valence-electron chi connectivity index (χ1n) is 9.40. The number of benzene rings is 1. The summed E-state index contributed by atoms with van der Waals surface area (Å²) in [4.78, 5) is 29.3. The highest BCUT2D eigenvalue weighted by Crippen LogP contribution is 2.29. The smallest absolute Gasteiger partial charge is 0.331 e. The van der Waals surface area contributed by atoms with Gasteiger partial charge in [-0.3, -0.25) is 9.78 Å². The normalized spacial score (nSPS) is 12.8. The number of amides is 1. The summed E-state index contributed by atoms with van der Waals surface area (Å²) in [6, 6.07) is 13.1. The van der Waals surface area contributed by atoms with Gasteiger partial charge in [0.1, 0.15) is 11.8 Å². The molecule has 2 atom stereocenters. The van der Waals surface area contributed by atoms with E-state index in [2.05, 4.69) is 26.2 Å². The Morgan fingerprint density at radius 3 is 2.53 bits per heavy atom. The number of hydrogen-bond acceptors (Lipinski definition) is 5. The Morgan fingerprint density at radius 2 is 1.87 bits per heavy atom. The number of aliphatic hydroxyl groups excluding tert-OH is 1. The molecule has 30 heavy (non-hydrogen) atoms. The number of aliphatic hydroxyl groups is 1. The van der Waals surface area contributed by atoms with Gasteiger partial charge >= 0.3 is 5.97 Å². The summed E-state index contributed by atoms with van der Waals surface area (Å²) in [6.07, 6.45) is 1.73. The predicted molar refractivity (Wildman–Crippen MR) is 116 cm³/mol. The number of esters is 1. The van der Waals surface area contributed by atoms with Crippen molar-refractivity contribution in [3.8, 4) is 11.3 Å². The van der Waals surface area contributed by atoms with E-state index >= 15 is 0 Å². The molecule has 0 bridgehead atoms. The molecule has 2 N–H and O–H groups in total. The van der Waals surface area contributed by atoms with Crippen molar-refractivity contribution >= 4 is 27.8 Å². The third-order valence-electron chi connectivity index (χ3n) is 4.69. The largest absolute Gasteiger partial charge is 0.464 e. The second-order valence-corrected chi connectivity index (χ2v) is 7.43. The molecule has 0 saturated carbocycles. The second-order valence-electron chi connectivity index (χ2n) is 6.57. The minimum atomic E-state index is -1.28. The minimum Gasteiger partial charge on any atom is -0.464 e. The lowest BCUT2D eigenvalue weighted by molar-refractivity contribution is -0.148. The molecule has 0 aliphatic carbocycles. The van der Waals surface area contributed by atoms with Crippen LogP contribution in [0.5, 0.6) is 0 Å². The zero-order valence-corrected chi connectivity index (χ0v) is 18.2. The summed E-state index contributed by atoms with van der Waals surface area (Å²) in [7, 11) is 1.77. The van der Waals surface area contributed by atoms with Gasteiger partial charge in [0, 0.05) is 35.2 Å². The van der Waals surface area contributed by atoms with Crippen LogP contribution < -0.4 is 5.32 Å². The quantitative estimate of drug-likeness (QED) is 0.515. The number of pyridine rings is 1. The van der Waals surface area contributed by atoms with Crippen molar-refractivity contribution in [1.82, 2.24) is 14.9 Å². The maximum absolute atomic E-state index is 13.0. The highest BCUT2D eigenvalue weighted by Gasteiger charge is 2.32. The molecule has 0 aliphatic rings. The van der Waals surface area contributed by atoms with Crippen LogP contribution in [0.25, 0.3) is 11.3 Å². The summed E-state index contributed by atoms with van der Waals surface area (Å²) in [5.74, 6) is -1.21. The van der Waals surface area contributed by atoms with E-state index in [4.69, 9.17) is 4.74 Å². The molecule has 0 spiro atoms. The Hall–Kier alpha value is -2.97. The first-order chi connectivity index (χ1) is 14.4. The molecule has 2 unspecified atom stereocenters.